The van der Waals surface area contributed by atoms with Crippen LogP contribution >= 0.6 is 0 Å². The SMILES string of the molecule is Cc1nc([C@@H]2CCCN2CCc2ccccc2)nc2c1CCC(=O)N2Cc1cccc(F)c1. The van der Waals surface area contributed by atoms with Gasteiger partial charge in [0.2, 0.25) is 5.91 Å². The minimum atomic E-state index is -0.295. The number of nitrogens with zero attached hydrogens (tertiary/aromatic N) is 4. The number of benzene rings is 2. The van der Waals surface area contributed by atoms with Crippen molar-refractivity contribution < 1.29 is 9.18 Å². The van der Waals surface area contributed by atoms with Crippen molar-refractivity contribution >= 4 is 11.7 Å². The molecule has 0 bridgehead atoms. The minimum Gasteiger partial charge on any atom is -0.293 e. The number of carbonyl (C=O) groups excluding carboxylic acids is 1. The largest absolute Gasteiger partial charge is 0.293 e. The van der Waals surface area contributed by atoms with Crippen LogP contribution in [0.2, 0.25) is 0 Å². The monoisotopic (exact) mass is 444 g/mol. The van der Waals surface area contributed by atoms with E-state index in [0.717, 1.165) is 55.0 Å². The lowest BCUT2D eigenvalue weighted by molar-refractivity contribution is -0.119. The summed E-state index contributed by atoms with van der Waals surface area (Å²) in [5.74, 6) is 1.24. The van der Waals surface area contributed by atoms with Gasteiger partial charge in [0.05, 0.1) is 12.6 Å². The molecule has 1 atom stereocenters. The van der Waals surface area contributed by atoms with Gasteiger partial charge in [-0.05, 0) is 62.4 Å². The van der Waals surface area contributed by atoms with Crippen LogP contribution in [-0.2, 0) is 24.2 Å². The molecule has 1 aromatic heterocycles. The fourth-order valence-electron chi connectivity index (χ4n) is 5.04. The van der Waals surface area contributed by atoms with Gasteiger partial charge in [-0.1, -0.05) is 42.5 Å². The molecule has 2 aliphatic heterocycles. The normalized spacial score (nSPS) is 18.5. The zero-order valence-electron chi connectivity index (χ0n) is 19.0. The van der Waals surface area contributed by atoms with Crippen molar-refractivity contribution in [3.8, 4) is 0 Å². The van der Waals surface area contributed by atoms with Gasteiger partial charge in [0, 0.05) is 24.2 Å². The lowest BCUT2D eigenvalue weighted by Gasteiger charge is -2.31. The number of hydrogen-bond acceptors (Lipinski definition) is 4. The second kappa shape index (κ2) is 9.40. The van der Waals surface area contributed by atoms with Crippen LogP contribution in [0.1, 0.15) is 53.5 Å². The molecular weight excluding hydrogens is 415 g/mol. The first-order valence-electron chi connectivity index (χ1n) is 11.8. The fraction of sp³-hybridized carbons (Fsp3) is 0.370. The van der Waals surface area contributed by atoms with Crippen molar-refractivity contribution in [2.24, 2.45) is 0 Å². The maximum Gasteiger partial charge on any atom is 0.228 e. The Morgan fingerprint density at radius 2 is 1.85 bits per heavy atom. The molecule has 0 saturated carbocycles. The lowest BCUT2D eigenvalue weighted by atomic mass is 10.0. The second-order valence-electron chi connectivity index (χ2n) is 9.01. The summed E-state index contributed by atoms with van der Waals surface area (Å²) < 4.78 is 13.8. The number of rotatable bonds is 6. The van der Waals surface area contributed by atoms with Crippen LogP contribution in [0.4, 0.5) is 10.2 Å². The molecule has 1 saturated heterocycles. The number of halogens is 1. The Hall–Kier alpha value is -3.12. The number of amides is 1. The first-order chi connectivity index (χ1) is 16.1. The molecule has 5 rings (SSSR count). The van der Waals surface area contributed by atoms with Crippen LogP contribution in [-0.4, -0.2) is 33.9 Å². The van der Waals surface area contributed by atoms with E-state index in [0.29, 0.717) is 25.2 Å². The maximum atomic E-state index is 13.8. The molecule has 0 radical (unpaired) electrons. The van der Waals surface area contributed by atoms with Gasteiger partial charge in [-0.3, -0.25) is 14.6 Å². The molecule has 3 aromatic rings. The Labute approximate surface area is 194 Å². The van der Waals surface area contributed by atoms with Gasteiger partial charge in [-0.25, -0.2) is 14.4 Å². The summed E-state index contributed by atoms with van der Waals surface area (Å²) in [4.78, 5) is 26.9. The number of hydrogen-bond donors (Lipinski definition) is 0. The zero-order chi connectivity index (χ0) is 22.8. The van der Waals surface area contributed by atoms with E-state index < -0.39 is 0 Å². The summed E-state index contributed by atoms with van der Waals surface area (Å²) in [5, 5.41) is 0. The number of anilines is 1. The van der Waals surface area contributed by atoms with E-state index in [1.165, 1.54) is 17.7 Å². The molecule has 3 heterocycles. The van der Waals surface area contributed by atoms with Crippen LogP contribution in [0.3, 0.4) is 0 Å². The van der Waals surface area contributed by atoms with Gasteiger partial charge in [0.25, 0.3) is 0 Å². The number of carbonyl (C=O) groups is 1. The highest BCUT2D eigenvalue weighted by molar-refractivity contribution is 5.95. The van der Waals surface area contributed by atoms with Gasteiger partial charge >= 0.3 is 0 Å². The van der Waals surface area contributed by atoms with E-state index in [2.05, 4.69) is 29.2 Å². The first kappa shape index (κ1) is 21.7. The van der Waals surface area contributed by atoms with Crippen LogP contribution in [0.5, 0.6) is 0 Å². The Morgan fingerprint density at radius 3 is 2.67 bits per heavy atom. The van der Waals surface area contributed by atoms with Crippen molar-refractivity contribution in [2.75, 3.05) is 18.0 Å². The van der Waals surface area contributed by atoms with Crippen LogP contribution in [0.15, 0.2) is 54.6 Å². The molecule has 0 N–H and O–H groups in total. The Bertz CT molecular complexity index is 1150. The molecule has 6 heteroatoms. The highest BCUT2D eigenvalue weighted by Gasteiger charge is 2.33. The quantitative estimate of drug-likeness (QED) is 0.549. The third kappa shape index (κ3) is 4.67. The van der Waals surface area contributed by atoms with Crippen molar-refractivity contribution in [1.82, 2.24) is 14.9 Å². The summed E-state index contributed by atoms with van der Waals surface area (Å²) in [5.41, 5.74) is 4.07. The molecule has 0 spiro atoms. The third-order valence-corrected chi connectivity index (χ3v) is 6.78. The molecular formula is C27H29FN4O. The van der Waals surface area contributed by atoms with Gasteiger partial charge < -0.3 is 0 Å². The van der Waals surface area contributed by atoms with Crippen molar-refractivity contribution in [3.63, 3.8) is 0 Å². The standard InChI is InChI=1S/C27H29FN4O/c1-19-23-12-13-25(33)32(18-21-9-5-10-22(28)17-21)27(23)30-26(29-19)24-11-6-15-31(24)16-14-20-7-3-2-4-8-20/h2-5,7-10,17,24H,6,11-16,18H2,1H3/t24-/m0/s1. The second-order valence-corrected chi connectivity index (χ2v) is 9.01. The predicted molar refractivity (Wildman–Crippen MR) is 126 cm³/mol. The van der Waals surface area contributed by atoms with Gasteiger partial charge in [-0.2, -0.15) is 0 Å². The average molecular weight is 445 g/mol. The summed E-state index contributed by atoms with van der Waals surface area (Å²) in [6, 6.07) is 17.1. The summed E-state index contributed by atoms with van der Waals surface area (Å²) in [7, 11) is 0. The highest BCUT2D eigenvalue weighted by Crippen LogP contribution is 2.35. The van der Waals surface area contributed by atoms with Crippen molar-refractivity contribution in [3.05, 3.63) is 88.6 Å². The molecule has 2 aliphatic rings. The number of aryl methyl sites for hydroxylation is 1. The van der Waals surface area contributed by atoms with E-state index in [1.807, 2.05) is 19.1 Å². The van der Waals surface area contributed by atoms with Crippen LogP contribution in [0, 0.1) is 12.7 Å². The Kier molecular flexibility index (Phi) is 6.18. The summed E-state index contributed by atoms with van der Waals surface area (Å²) >= 11 is 0. The first-order valence-corrected chi connectivity index (χ1v) is 11.8. The molecule has 33 heavy (non-hydrogen) atoms. The van der Waals surface area contributed by atoms with Gasteiger partial charge in [-0.15, -0.1) is 0 Å². The molecule has 1 fully saturated rings. The van der Waals surface area contributed by atoms with Crippen molar-refractivity contribution in [2.45, 2.75) is 51.6 Å². The predicted octanol–water partition coefficient (Wildman–Crippen LogP) is 4.78. The fourth-order valence-corrected chi connectivity index (χ4v) is 5.04. The smallest absolute Gasteiger partial charge is 0.228 e. The molecule has 170 valence electrons. The van der Waals surface area contributed by atoms with Crippen LogP contribution < -0.4 is 4.90 Å². The summed E-state index contributed by atoms with van der Waals surface area (Å²) in [6.45, 7) is 4.33. The van der Waals surface area contributed by atoms with Gasteiger partial charge in [0.1, 0.15) is 17.5 Å². The van der Waals surface area contributed by atoms with E-state index in [9.17, 15) is 9.18 Å². The zero-order valence-corrected chi connectivity index (χ0v) is 19.0. The highest BCUT2D eigenvalue weighted by atomic mass is 19.1. The van der Waals surface area contributed by atoms with Gasteiger partial charge in [0.15, 0.2) is 0 Å². The Morgan fingerprint density at radius 1 is 1.03 bits per heavy atom. The molecule has 2 aromatic carbocycles. The maximum absolute atomic E-state index is 13.8. The number of fused-ring (bicyclic) bond motifs is 1. The van der Waals surface area contributed by atoms with Crippen molar-refractivity contribution in [1.29, 1.82) is 0 Å². The van der Waals surface area contributed by atoms with Crippen LogP contribution in [0.25, 0.3) is 0 Å². The summed E-state index contributed by atoms with van der Waals surface area (Å²) in [6.07, 6.45) is 4.21. The van der Waals surface area contributed by atoms with E-state index in [4.69, 9.17) is 9.97 Å². The third-order valence-electron chi connectivity index (χ3n) is 6.78. The molecule has 0 aliphatic carbocycles. The molecule has 0 unspecified atom stereocenters. The van der Waals surface area contributed by atoms with E-state index in [-0.39, 0.29) is 17.8 Å². The minimum absolute atomic E-state index is 0.0307. The average Bonchev–Trinajstić information content (AvgIpc) is 3.29. The topological polar surface area (TPSA) is 49.3 Å². The van der Waals surface area contributed by atoms with E-state index >= 15 is 0 Å². The lowest BCUT2D eigenvalue weighted by Crippen LogP contribution is -2.37. The van der Waals surface area contributed by atoms with E-state index in [1.54, 1.807) is 11.0 Å². The Balaban J connectivity index is 1.42. The number of likely N-dealkylation sites (tertiary alicyclic amines) is 1. The molecule has 5 nitrogen and oxygen atoms in total. The molecule has 1 amide bonds. The number of aromatic nitrogens is 2.